The molecule has 2 heterocycles. The number of carbonyl (C=O) groups excluding carboxylic acids is 2. The zero-order valence-corrected chi connectivity index (χ0v) is 21.0. The number of carbonyl (C=O) groups is 2. The second kappa shape index (κ2) is 9.91. The highest BCUT2D eigenvalue weighted by Gasteiger charge is 2.30. The van der Waals surface area contributed by atoms with Crippen LogP contribution in [0.1, 0.15) is 44.4 Å². The highest BCUT2D eigenvalue weighted by molar-refractivity contribution is 7.15. The van der Waals surface area contributed by atoms with Crippen LogP contribution < -0.4 is 5.32 Å². The van der Waals surface area contributed by atoms with E-state index in [9.17, 15) is 14.9 Å². The first-order valence-corrected chi connectivity index (χ1v) is 12.7. The number of hydrogen-bond donors (Lipinski definition) is 1. The number of thiazole rings is 1. The first-order valence-electron chi connectivity index (χ1n) is 11.9. The molecule has 4 aromatic rings. The predicted molar refractivity (Wildman–Crippen MR) is 139 cm³/mol. The number of para-hydroxylation sites is 1. The van der Waals surface area contributed by atoms with Crippen LogP contribution in [0.25, 0.3) is 21.3 Å². The third kappa shape index (κ3) is 4.86. The predicted octanol–water partition coefficient (Wildman–Crippen LogP) is 4.16. The lowest BCUT2D eigenvalue weighted by Crippen LogP contribution is -2.40. The lowest BCUT2D eigenvalue weighted by atomic mass is 10.1. The molecule has 1 aliphatic rings. The molecule has 0 aliphatic heterocycles. The van der Waals surface area contributed by atoms with Gasteiger partial charge in [-0.05, 0) is 49.4 Å². The molecule has 0 unspecified atom stereocenters. The van der Waals surface area contributed by atoms with Crippen LogP contribution in [0.3, 0.4) is 0 Å². The monoisotopic (exact) mass is 498 g/mol. The molecular weight excluding hydrogens is 472 g/mol. The van der Waals surface area contributed by atoms with E-state index in [1.54, 1.807) is 21.7 Å². The summed E-state index contributed by atoms with van der Waals surface area (Å²) in [7, 11) is 1.81. The second-order valence-electron chi connectivity index (χ2n) is 9.04. The fourth-order valence-electron chi connectivity index (χ4n) is 4.30. The van der Waals surface area contributed by atoms with Crippen LogP contribution in [0, 0.1) is 24.2 Å². The smallest absolute Gasteiger partial charge is 0.274 e. The summed E-state index contributed by atoms with van der Waals surface area (Å²) in [6.07, 6.45) is 2.20. The number of benzene rings is 2. The van der Waals surface area contributed by atoms with Crippen molar-refractivity contribution in [2.75, 3.05) is 19.6 Å². The zero-order valence-electron chi connectivity index (χ0n) is 20.2. The Bertz CT molecular complexity index is 1490. The van der Waals surface area contributed by atoms with Crippen molar-refractivity contribution in [2.24, 2.45) is 13.0 Å². The summed E-state index contributed by atoms with van der Waals surface area (Å²) in [5.41, 5.74) is 3.01. The van der Waals surface area contributed by atoms with Crippen molar-refractivity contribution in [3.05, 3.63) is 70.5 Å². The molecule has 1 N–H and O–H groups in total. The number of amides is 2. The molecule has 8 nitrogen and oxygen atoms in total. The number of hydrogen-bond acceptors (Lipinski definition) is 6. The maximum atomic E-state index is 13.7. The fraction of sp³-hybridized carbons (Fsp3) is 0.296. The van der Waals surface area contributed by atoms with Crippen LogP contribution in [0.5, 0.6) is 0 Å². The van der Waals surface area contributed by atoms with Gasteiger partial charge in [0, 0.05) is 32.1 Å². The largest absolute Gasteiger partial charge is 0.349 e. The van der Waals surface area contributed by atoms with E-state index < -0.39 is 0 Å². The Morgan fingerprint density at radius 3 is 2.78 bits per heavy atom. The van der Waals surface area contributed by atoms with E-state index in [0.29, 0.717) is 42.5 Å². The van der Waals surface area contributed by atoms with E-state index >= 15 is 0 Å². The number of fused-ring (bicyclic) bond motifs is 1. The third-order valence-corrected chi connectivity index (χ3v) is 7.31. The lowest BCUT2D eigenvalue weighted by molar-refractivity contribution is 0.0736. The Hall–Kier alpha value is -4.03. The van der Waals surface area contributed by atoms with E-state index in [1.807, 2.05) is 50.4 Å². The molecule has 0 atom stereocenters. The highest BCUT2D eigenvalue weighted by Crippen LogP contribution is 2.34. The SMILES string of the molecule is Cc1nc(C(=O)N(CCNC(=O)c2nn(C)c3ccccc23)CC2CC2)c(-c2cccc(C#N)c2)s1. The van der Waals surface area contributed by atoms with E-state index in [2.05, 4.69) is 21.5 Å². The molecule has 0 bridgehead atoms. The Morgan fingerprint density at radius 1 is 1.19 bits per heavy atom. The maximum absolute atomic E-state index is 13.7. The molecule has 36 heavy (non-hydrogen) atoms. The average Bonchev–Trinajstić information content (AvgIpc) is 3.54. The average molecular weight is 499 g/mol. The number of nitrogens with zero attached hydrogens (tertiary/aromatic N) is 5. The molecule has 0 spiro atoms. The van der Waals surface area contributed by atoms with Gasteiger partial charge >= 0.3 is 0 Å². The van der Waals surface area contributed by atoms with E-state index in [4.69, 9.17) is 0 Å². The number of nitrogens with one attached hydrogen (secondary N) is 1. The standard InChI is InChI=1S/C27H26N6O2S/c1-17-30-24(25(36-17)20-7-5-6-19(14-20)15-28)27(35)33(16-18-10-11-18)13-12-29-26(34)23-21-8-3-4-9-22(21)32(2)31-23/h3-9,14,18H,10-13,16H2,1-2H3,(H,29,34). The summed E-state index contributed by atoms with van der Waals surface area (Å²) in [6, 6.07) is 17.0. The first kappa shape index (κ1) is 23.7. The van der Waals surface area contributed by atoms with Gasteiger partial charge in [0.25, 0.3) is 11.8 Å². The Labute approximate surface area is 213 Å². The molecule has 2 amide bonds. The topological polar surface area (TPSA) is 104 Å². The van der Waals surface area contributed by atoms with Gasteiger partial charge in [-0.15, -0.1) is 11.3 Å². The molecule has 1 fully saturated rings. The molecule has 9 heteroatoms. The van der Waals surface area contributed by atoms with Crippen LogP contribution in [0.15, 0.2) is 48.5 Å². The van der Waals surface area contributed by atoms with Crippen molar-refractivity contribution in [1.82, 2.24) is 25.0 Å². The van der Waals surface area contributed by atoms with Gasteiger partial charge in [0.05, 0.1) is 27.0 Å². The van der Waals surface area contributed by atoms with Gasteiger partial charge < -0.3 is 10.2 Å². The van der Waals surface area contributed by atoms with Crippen molar-refractivity contribution in [2.45, 2.75) is 19.8 Å². The summed E-state index contributed by atoms with van der Waals surface area (Å²) in [6.45, 7) is 3.20. The number of rotatable bonds is 8. The van der Waals surface area contributed by atoms with Gasteiger partial charge in [-0.2, -0.15) is 10.4 Å². The van der Waals surface area contributed by atoms with Crippen LogP contribution in [-0.4, -0.2) is 51.1 Å². The van der Waals surface area contributed by atoms with Gasteiger partial charge in [-0.3, -0.25) is 14.3 Å². The molecule has 182 valence electrons. The summed E-state index contributed by atoms with van der Waals surface area (Å²) in [5, 5.41) is 18.2. The number of aryl methyl sites for hydroxylation is 2. The van der Waals surface area contributed by atoms with Gasteiger partial charge in [0.2, 0.25) is 0 Å². The minimum atomic E-state index is -0.260. The normalized spacial score (nSPS) is 12.9. The number of aromatic nitrogens is 3. The van der Waals surface area contributed by atoms with E-state index in [-0.39, 0.29) is 11.8 Å². The molecule has 0 radical (unpaired) electrons. The lowest BCUT2D eigenvalue weighted by Gasteiger charge is -2.22. The maximum Gasteiger partial charge on any atom is 0.274 e. The van der Waals surface area contributed by atoms with Gasteiger partial charge in [-0.25, -0.2) is 4.98 Å². The van der Waals surface area contributed by atoms with Crippen molar-refractivity contribution >= 4 is 34.1 Å². The minimum Gasteiger partial charge on any atom is -0.349 e. The summed E-state index contributed by atoms with van der Waals surface area (Å²) in [4.78, 5) is 33.7. The van der Waals surface area contributed by atoms with Crippen molar-refractivity contribution in [3.8, 4) is 16.5 Å². The molecule has 2 aromatic heterocycles. The first-order chi connectivity index (χ1) is 17.4. The van der Waals surface area contributed by atoms with Crippen LogP contribution in [0.2, 0.25) is 0 Å². The second-order valence-corrected chi connectivity index (χ2v) is 10.2. The quantitative estimate of drug-likeness (QED) is 0.393. The Morgan fingerprint density at radius 2 is 2.00 bits per heavy atom. The van der Waals surface area contributed by atoms with E-state index in [0.717, 1.165) is 39.2 Å². The fourth-order valence-corrected chi connectivity index (χ4v) is 5.21. The van der Waals surface area contributed by atoms with Crippen molar-refractivity contribution in [1.29, 1.82) is 5.26 Å². The van der Waals surface area contributed by atoms with Crippen molar-refractivity contribution < 1.29 is 9.59 Å². The molecule has 5 rings (SSSR count). The van der Waals surface area contributed by atoms with Gasteiger partial charge in [0.15, 0.2) is 5.69 Å². The Balaban J connectivity index is 1.33. The molecule has 1 aliphatic carbocycles. The highest BCUT2D eigenvalue weighted by atomic mass is 32.1. The van der Waals surface area contributed by atoms with Crippen LogP contribution in [0.4, 0.5) is 0 Å². The Kier molecular flexibility index (Phi) is 6.53. The van der Waals surface area contributed by atoms with E-state index in [1.165, 1.54) is 11.3 Å². The van der Waals surface area contributed by atoms with Crippen LogP contribution >= 0.6 is 11.3 Å². The summed E-state index contributed by atoms with van der Waals surface area (Å²) < 4.78 is 1.70. The molecule has 2 aromatic carbocycles. The molecule has 0 saturated heterocycles. The molecule has 1 saturated carbocycles. The van der Waals surface area contributed by atoms with Gasteiger partial charge in [-0.1, -0.05) is 30.3 Å². The van der Waals surface area contributed by atoms with Crippen LogP contribution in [-0.2, 0) is 7.05 Å². The van der Waals surface area contributed by atoms with Gasteiger partial charge in [0.1, 0.15) is 5.69 Å². The molecular formula is C27H26N6O2S. The zero-order chi connectivity index (χ0) is 25.2. The minimum absolute atomic E-state index is 0.152. The summed E-state index contributed by atoms with van der Waals surface area (Å²) in [5.74, 6) is 0.0692. The summed E-state index contributed by atoms with van der Waals surface area (Å²) >= 11 is 1.45. The third-order valence-electron chi connectivity index (χ3n) is 6.29. The van der Waals surface area contributed by atoms with Crippen molar-refractivity contribution in [3.63, 3.8) is 0 Å². The number of nitriles is 1.